The van der Waals surface area contributed by atoms with Gasteiger partial charge in [0.15, 0.2) is 0 Å². The molecule has 0 aliphatic carbocycles. The second-order valence-electron chi connectivity index (χ2n) is 3.82. The van der Waals surface area contributed by atoms with Gasteiger partial charge in [-0.3, -0.25) is 4.79 Å². The van der Waals surface area contributed by atoms with Gasteiger partial charge in [-0.15, -0.1) is 0 Å². The Morgan fingerprint density at radius 3 is 2.56 bits per heavy atom. The fraction of sp³-hybridized carbons (Fsp3) is 0.417. The maximum atomic E-state index is 11.3. The molecule has 0 saturated carbocycles. The number of ether oxygens (including phenoxy) is 2. The molecule has 0 aromatic heterocycles. The standard InChI is InChI=1S/C12H17NO3/c1-12(13,11(14)15-2)8-9-16-10-6-4-3-5-7-10/h3-7H,8-9,13H2,1-2H3. The molecule has 0 spiro atoms. The van der Waals surface area contributed by atoms with Crippen molar-refractivity contribution in [1.29, 1.82) is 0 Å². The van der Waals surface area contributed by atoms with Gasteiger partial charge < -0.3 is 15.2 Å². The molecule has 4 nitrogen and oxygen atoms in total. The predicted molar refractivity (Wildman–Crippen MR) is 61.2 cm³/mol. The molecular weight excluding hydrogens is 206 g/mol. The van der Waals surface area contributed by atoms with E-state index in [0.29, 0.717) is 13.0 Å². The number of hydrogen-bond acceptors (Lipinski definition) is 4. The Bertz CT molecular complexity index is 335. The van der Waals surface area contributed by atoms with Crippen LogP contribution >= 0.6 is 0 Å². The predicted octanol–water partition coefficient (Wildman–Crippen LogP) is 1.35. The summed E-state index contributed by atoms with van der Waals surface area (Å²) in [6.45, 7) is 2.01. The number of carbonyl (C=O) groups is 1. The summed E-state index contributed by atoms with van der Waals surface area (Å²) in [6, 6.07) is 9.39. The average Bonchev–Trinajstić information content (AvgIpc) is 2.29. The van der Waals surface area contributed by atoms with Crippen LogP contribution in [0.2, 0.25) is 0 Å². The summed E-state index contributed by atoms with van der Waals surface area (Å²) in [4.78, 5) is 11.3. The molecule has 16 heavy (non-hydrogen) atoms. The Labute approximate surface area is 95.3 Å². The number of para-hydroxylation sites is 1. The van der Waals surface area contributed by atoms with Crippen molar-refractivity contribution in [2.45, 2.75) is 18.9 Å². The average molecular weight is 223 g/mol. The maximum absolute atomic E-state index is 11.3. The van der Waals surface area contributed by atoms with Gasteiger partial charge in [-0.1, -0.05) is 18.2 Å². The Kier molecular flexibility index (Phi) is 4.31. The van der Waals surface area contributed by atoms with Gasteiger partial charge in [0.25, 0.3) is 0 Å². The van der Waals surface area contributed by atoms with Crippen LogP contribution in [0.15, 0.2) is 30.3 Å². The molecule has 0 radical (unpaired) electrons. The Balaban J connectivity index is 2.38. The first-order valence-corrected chi connectivity index (χ1v) is 5.11. The van der Waals surface area contributed by atoms with Crippen LogP contribution in [0.3, 0.4) is 0 Å². The van der Waals surface area contributed by atoms with E-state index in [2.05, 4.69) is 4.74 Å². The molecule has 2 N–H and O–H groups in total. The van der Waals surface area contributed by atoms with Crippen LogP contribution < -0.4 is 10.5 Å². The minimum absolute atomic E-state index is 0.381. The van der Waals surface area contributed by atoms with E-state index in [4.69, 9.17) is 10.5 Å². The smallest absolute Gasteiger partial charge is 0.325 e. The van der Waals surface area contributed by atoms with Gasteiger partial charge >= 0.3 is 5.97 Å². The molecule has 1 unspecified atom stereocenters. The first-order chi connectivity index (χ1) is 7.56. The van der Waals surface area contributed by atoms with Gasteiger partial charge in [0.2, 0.25) is 0 Å². The van der Waals surface area contributed by atoms with Gasteiger partial charge in [0.1, 0.15) is 11.3 Å². The summed E-state index contributed by atoms with van der Waals surface area (Å²) in [5, 5.41) is 0. The Hall–Kier alpha value is -1.55. The van der Waals surface area contributed by atoms with E-state index in [1.807, 2.05) is 30.3 Å². The van der Waals surface area contributed by atoms with E-state index in [9.17, 15) is 4.79 Å². The zero-order valence-corrected chi connectivity index (χ0v) is 9.60. The number of nitrogens with two attached hydrogens (primary N) is 1. The highest BCUT2D eigenvalue weighted by Crippen LogP contribution is 2.12. The molecule has 0 aliphatic rings. The SMILES string of the molecule is COC(=O)C(C)(N)CCOc1ccccc1. The van der Waals surface area contributed by atoms with Gasteiger partial charge in [-0.2, -0.15) is 0 Å². The van der Waals surface area contributed by atoms with Crippen LogP contribution in [0.25, 0.3) is 0 Å². The minimum Gasteiger partial charge on any atom is -0.494 e. The van der Waals surface area contributed by atoms with Gasteiger partial charge in [-0.25, -0.2) is 0 Å². The van der Waals surface area contributed by atoms with E-state index < -0.39 is 11.5 Å². The van der Waals surface area contributed by atoms with Crippen molar-refractivity contribution in [2.75, 3.05) is 13.7 Å². The molecular formula is C12H17NO3. The maximum Gasteiger partial charge on any atom is 0.325 e. The van der Waals surface area contributed by atoms with Gasteiger partial charge in [0, 0.05) is 6.42 Å². The van der Waals surface area contributed by atoms with Crippen molar-refractivity contribution in [3.8, 4) is 5.75 Å². The number of esters is 1. The first-order valence-electron chi connectivity index (χ1n) is 5.11. The number of rotatable bonds is 5. The molecule has 1 aromatic rings. The Morgan fingerprint density at radius 1 is 1.38 bits per heavy atom. The lowest BCUT2D eigenvalue weighted by Gasteiger charge is -2.21. The molecule has 0 heterocycles. The van der Waals surface area contributed by atoms with Crippen molar-refractivity contribution in [1.82, 2.24) is 0 Å². The highest BCUT2D eigenvalue weighted by Gasteiger charge is 2.29. The largest absolute Gasteiger partial charge is 0.494 e. The molecule has 1 aromatic carbocycles. The zero-order chi connectivity index (χ0) is 12.0. The Morgan fingerprint density at radius 2 is 2.00 bits per heavy atom. The third-order valence-corrected chi connectivity index (χ3v) is 2.29. The third-order valence-electron chi connectivity index (χ3n) is 2.29. The van der Waals surface area contributed by atoms with Crippen LogP contribution in [0.5, 0.6) is 5.75 Å². The summed E-state index contributed by atoms with van der Waals surface area (Å²) >= 11 is 0. The topological polar surface area (TPSA) is 61.5 Å². The summed E-state index contributed by atoms with van der Waals surface area (Å²) < 4.78 is 10.0. The van der Waals surface area contributed by atoms with E-state index in [-0.39, 0.29) is 0 Å². The van der Waals surface area contributed by atoms with E-state index in [1.54, 1.807) is 6.92 Å². The quantitative estimate of drug-likeness (QED) is 0.765. The summed E-state index contributed by atoms with van der Waals surface area (Å²) in [5.74, 6) is 0.340. The van der Waals surface area contributed by atoms with Gasteiger partial charge in [-0.05, 0) is 19.1 Å². The summed E-state index contributed by atoms with van der Waals surface area (Å²) in [5.41, 5.74) is 4.78. The van der Waals surface area contributed by atoms with Crippen molar-refractivity contribution >= 4 is 5.97 Å². The van der Waals surface area contributed by atoms with Crippen LogP contribution in [0.1, 0.15) is 13.3 Å². The lowest BCUT2D eigenvalue weighted by molar-refractivity contribution is -0.146. The number of methoxy groups -OCH3 is 1. The van der Waals surface area contributed by atoms with Gasteiger partial charge in [0.05, 0.1) is 13.7 Å². The fourth-order valence-corrected chi connectivity index (χ4v) is 1.23. The number of carbonyl (C=O) groups excluding carboxylic acids is 1. The molecule has 0 amide bonds. The van der Waals surface area contributed by atoms with Crippen molar-refractivity contribution in [2.24, 2.45) is 5.73 Å². The molecule has 0 fully saturated rings. The van der Waals surface area contributed by atoms with Crippen molar-refractivity contribution < 1.29 is 14.3 Å². The molecule has 88 valence electrons. The molecule has 1 rings (SSSR count). The second-order valence-corrected chi connectivity index (χ2v) is 3.82. The van der Waals surface area contributed by atoms with Crippen LogP contribution in [-0.2, 0) is 9.53 Å². The third kappa shape index (κ3) is 3.55. The second kappa shape index (κ2) is 5.51. The van der Waals surface area contributed by atoms with Crippen molar-refractivity contribution in [3.05, 3.63) is 30.3 Å². The lowest BCUT2D eigenvalue weighted by Crippen LogP contribution is -2.46. The zero-order valence-electron chi connectivity index (χ0n) is 9.60. The van der Waals surface area contributed by atoms with Crippen LogP contribution in [0, 0.1) is 0 Å². The molecule has 1 atom stereocenters. The summed E-state index contributed by atoms with van der Waals surface area (Å²) in [6.07, 6.45) is 0.411. The molecule has 4 heteroatoms. The minimum atomic E-state index is -0.996. The molecule has 0 bridgehead atoms. The van der Waals surface area contributed by atoms with Crippen molar-refractivity contribution in [3.63, 3.8) is 0 Å². The lowest BCUT2D eigenvalue weighted by atomic mass is 10.0. The van der Waals surface area contributed by atoms with Crippen LogP contribution in [-0.4, -0.2) is 25.2 Å². The number of hydrogen-bond donors (Lipinski definition) is 1. The normalized spacial score (nSPS) is 13.9. The van der Waals surface area contributed by atoms with Crippen LogP contribution in [0.4, 0.5) is 0 Å². The molecule has 0 aliphatic heterocycles. The van der Waals surface area contributed by atoms with E-state index in [0.717, 1.165) is 5.75 Å². The summed E-state index contributed by atoms with van der Waals surface area (Å²) in [7, 11) is 1.32. The monoisotopic (exact) mass is 223 g/mol. The van der Waals surface area contributed by atoms with E-state index >= 15 is 0 Å². The highest BCUT2D eigenvalue weighted by molar-refractivity contribution is 5.79. The number of benzene rings is 1. The van der Waals surface area contributed by atoms with E-state index in [1.165, 1.54) is 7.11 Å². The fourth-order valence-electron chi connectivity index (χ4n) is 1.23. The highest BCUT2D eigenvalue weighted by atomic mass is 16.5. The molecule has 0 saturated heterocycles. The first kappa shape index (κ1) is 12.5.